The number of aromatic nitrogens is 2. The van der Waals surface area contributed by atoms with E-state index < -0.39 is 5.97 Å². The number of carboxylic acid groups (broad SMARTS) is 1. The topological polar surface area (TPSA) is 72.2 Å². The van der Waals surface area contributed by atoms with Gasteiger partial charge in [0.2, 0.25) is 0 Å². The van der Waals surface area contributed by atoms with Crippen LogP contribution < -0.4 is 0 Å². The summed E-state index contributed by atoms with van der Waals surface area (Å²) in [5.74, 6) is -0.432. The van der Waals surface area contributed by atoms with E-state index in [2.05, 4.69) is 52.0 Å². The second-order valence-electron chi connectivity index (χ2n) is 9.13. The SMILES string of the molecule is O=C(CC1CC2(C1)CC(C(=O)O)C2)c1ccc(Cl)c2cnn(Cc3ccc(I)cc3)c12. The number of aliphatic carboxylic acids is 1. The summed E-state index contributed by atoms with van der Waals surface area (Å²) in [5, 5.41) is 15.0. The first-order valence-corrected chi connectivity index (χ1v) is 11.9. The van der Waals surface area contributed by atoms with Crippen LogP contribution >= 0.6 is 34.2 Å². The molecule has 7 heteroatoms. The lowest BCUT2D eigenvalue weighted by molar-refractivity contribution is -0.157. The number of nitrogens with zero attached hydrogens (tertiary/aromatic N) is 2. The maximum atomic E-state index is 13.2. The summed E-state index contributed by atoms with van der Waals surface area (Å²) in [6.07, 6.45) is 5.68. The summed E-state index contributed by atoms with van der Waals surface area (Å²) in [6, 6.07) is 11.8. The second-order valence-corrected chi connectivity index (χ2v) is 10.8. The minimum atomic E-state index is -0.685. The van der Waals surface area contributed by atoms with Crippen LogP contribution in [0, 0.1) is 20.8 Å². The number of benzene rings is 2. The number of Topliss-reactive ketones (excluding diaryl/α,β-unsaturated/α-hetero) is 1. The molecule has 2 aliphatic carbocycles. The van der Waals surface area contributed by atoms with Crippen molar-refractivity contribution in [3.63, 3.8) is 0 Å². The Labute approximate surface area is 198 Å². The van der Waals surface area contributed by atoms with E-state index in [1.807, 2.05) is 10.7 Å². The van der Waals surface area contributed by atoms with Crippen LogP contribution in [0.1, 0.15) is 48.0 Å². The molecule has 3 aromatic rings. The quantitative estimate of drug-likeness (QED) is 0.312. The highest BCUT2D eigenvalue weighted by Crippen LogP contribution is 2.62. The van der Waals surface area contributed by atoms with Crippen molar-refractivity contribution in [3.8, 4) is 0 Å². The summed E-state index contributed by atoms with van der Waals surface area (Å²) in [5.41, 5.74) is 2.75. The number of carbonyl (C=O) groups is 2. The average Bonchev–Trinajstić information content (AvgIpc) is 3.09. The van der Waals surface area contributed by atoms with E-state index in [0.29, 0.717) is 29.5 Å². The number of carboxylic acids is 1. The minimum Gasteiger partial charge on any atom is -0.481 e. The minimum absolute atomic E-state index is 0.111. The van der Waals surface area contributed by atoms with Crippen molar-refractivity contribution >= 4 is 56.8 Å². The Morgan fingerprint density at radius 2 is 1.84 bits per heavy atom. The van der Waals surface area contributed by atoms with Gasteiger partial charge in [0.15, 0.2) is 5.78 Å². The summed E-state index contributed by atoms with van der Waals surface area (Å²) < 4.78 is 3.03. The van der Waals surface area contributed by atoms with Gasteiger partial charge in [-0.2, -0.15) is 5.10 Å². The molecule has 0 aliphatic heterocycles. The van der Waals surface area contributed by atoms with Crippen LogP contribution in [-0.2, 0) is 11.3 Å². The molecule has 31 heavy (non-hydrogen) atoms. The van der Waals surface area contributed by atoms with E-state index >= 15 is 0 Å². The predicted molar refractivity (Wildman–Crippen MR) is 127 cm³/mol. The summed E-state index contributed by atoms with van der Waals surface area (Å²) in [6.45, 7) is 0.574. The van der Waals surface area contributed by atoms with Crippen molar-refractivity contribution in [3.05, 3.63) is 62.3 Å². The van der Waals surface area contributed by atoms with E-state index in [1.165, 1.54) is 3.57 Å². The lowest BCUT2D eigenvalue weighted by atomic mass is 9.47. The maximum Gasteiger partial charge on any atom is 0.306 e. The molecule has 1 N–H and O–H groups in total. The summed E-state index contributed by atoms with van der Waals surface area (Å²) in [4.78, 5) is 24.3. The zero-order valence-electron chi connectivity index (χ0n) is 16.9. The highest BCUT2D eigenvalue weighted by atomic mass is 127. The zero-order chi connectivity index (χ0) is 21.8. The van der Waals surface area contributed by atoms with E-state index in [1.54, 1.807) is 12.3 Å². The molecule has 160 valence electrons. The highest BCUT2D eigenvalue weighted by molar-refractivity contribution is 14.1. The van der Waals surface area contributed by atoms with E-state index in [0.717, 1.165) is 42.1 Å². The van der Waals surface area contributed by atoms with Gasteiger partial charge in [0.1, 0.15) is 0 Å². The smallest absolute Gasteiger partial charge is 0.306 e. The van der Waals surface area contributed by atoms with Crippen LogP contribution in [0.15, 0.2) is 42.6 Å². The molecule has 0 atom stereocenters. The molecule has 2 aromatic carbocycles. The van der Waals surface area contributed by atoms with Gasteiger partial charge in [-0.3, -0.25) is 14.3 Å². The Morgan fingerprint density at radius 3 is 2.52 bits per heavy atom. The van der Waals surface area contributed by atoms with Crippen molar-refractivity contribution in [1.29, 1.82) is 0 Å². The molecule has 5 rings (SSSR count). The largest absolute Gasteiger partial charge is 0.481 e. The normalized spacial score (nSPS) is 24.7. The van der Waals surface area contributed by atoms with Crippen molar-refractivity contribution in [2.75, 3.05) is 0 Å². The van der Waals surface area contributed by atoms with Crippen LogP contribution in [0.5, 0.6) is 0 Å². The van der Waals surface area contributed by atoms with Crippen LogP contribution in [0.2, 0.25) is 5.02 Å². The number of hydrogen-bond donors (Lipinski definition) is 1. The molecule has 0 radical (unpaired) electrons. The molecule has 0 unspecified atom stereocenters. The van der Waals surface area contributed by atoms with Crippen molar-refractivity contribution in [2.45, 2.75) is 38.6 Å². The Kier molecular flexibility index (Phi) is 5.33. The first-order valence-electron chi connectivity index (χ1n) is 10.5. The maximum absolute atomic E-state index is 13.2. The molecule has 5 nitrogen and oxygen atoms in total. The first-order chi connectivity index (χ1) is 14.8. The van der Waals surface area contributed by atoms with Gasteiger partial charge in [0, 0.05) is 20.9 Å². The number of halogens is 2. The molecule has 2 fully saturated rings. The lowest BCUT2D eigenvalue weighted by Gasteiger charge is -2.56. The Balaban J connectivity index is 1.34. The lowest BCUT2D eigenvalue weighted by Crippen LogP contribution is -2.50. The molecule has 1 spiro atoms. The number of hydrogen-bond acceptors (Lipinski definition) is 3. The molecule has 0 bridgehead atoms. The van der Waals surface area contributed by atoms with Crippen molar-refractivity contribution in [1.82, 2.24) is 9.78 Å². The molecule has 2 aliphatic rings. The highest BCUT2D eigenvalue weighted by Gasteiger charge is 2.54. The molecule has 0 saturated heterocycles. The third-order valence-electron chi connectivity index (χ3n) is 6.92. The van der Waals surface area contributed by atoms with Crippen molar-refractivity contribution < 1.29 is 14.7 Å². The zero-order valence-corrected chi connectivity index (χ0v) is 19.8. The van der Waals surface area contributed by atoms with E-state index in [9.17, 15) is 9.59 Å². The van der Waals surface area contributed by atoms with Gasteiger partial charge in [-0.1, -0.05) is 23.7 Å². The van der Waals surface area contributed by atoms with Gasteiger partial charge in [-0.25, -0.2) is 0 Å². The van der Waals surface area contributed by atoms with Crippen LogP contribution in [0.3, 0.4) is 0 Å². The molecule has 0 amide bonds. The van der Waals surface area contributed by atoms with Crippen LogP contribution in [0.25, 0.3) is 10.9 Å². The molecule has 2 saturated carbocycles. The Bertz CT molecular complexity index is 1170. The van der Waals surface area contributed by atoms with E-state index in [-0.39, 0.29) is 17.1 Å². The van der Waals surface area contributed by atoms with E-state index in [4.69, 9.17) is 16.7 Å². The molecule has 1 heterocycles. The van der Waals surface area contributed by atoms with Crippen molar-refractivity contribution in [2.24, 2.45) is 17.3 Å². The fraction of sp³-hybridized carbons (Fsp3) is 0.375. The first kappa shape index (κ1) is 20.9. The third-order valence-corrected chi connectivity index (χ3v) is 7.97. The standard InChI is InChI=1S/C24H22ClIN2O3/c25-20-6-5-18(21(29)7-15-8-24(9-15)10-16(11-24)23(30)31)22-19(20)12-27-28(22)13-14-1-3-17(26)4-2-14/h1-6,12,15-16H,7-11,13H2,(H,30,31). The monoisotopic (exact) mass is 548 g/mol. The van der Waals surface area contributed by atoms with Gasteiger partial charge in [0.25, 0.3) is 0 Å². The molecular formula is C24H22ClIN2O3. The fourth-order valence-electron chi connectivity index (χ4n) is 5.45. The second kappa shape index (κ2) is 7.89. The molecule has 1 aromatic heterocycles. The Morgan fingerprint density at radius 1 is 1.13 bits per heavy atom. The predicted octanol–water partition coefficient (Wildman–Crippen LogP) is 5.81. The number of ketones is 1. The number of fused-ring (bicyclic) bond motifs is 1. The number of carbonyl (C=O) groups excluding carboxylic acids is 1. The van der Waals surface area contributed by atoms with Gasteiger partial charge in [-0.15, -0.1) is 0 Å². The fourth-order valence-corrected chi connectivity index (χ4v) is 6.01. The van der Waals surface area contributed by atoms with Crippen LogP contribution in [0.4, 0.5) is 0 Å². The van der Waals surface area contributed by atoms with Gasteiger partial charge < -0.3 is 5.11 Å². The van der Waals surface area contributed by atoms with Gasteiger partial charge in [0.05, 0.1) is 29.2 Å². The molecular weight excluding hydrogens is 527 g/mol. The summed E-state index contributed by atoms with van der Waals surface area (Å²) in [7, 11) is 0. The van der Waals surface area contributed by atoms with Gasteiger partial charge >= 0.3 is 5.97 Å². The average molecular weight is 549 g/mol. The third kappa shape index (κ3) is 3.89. The van der Waals surface area contributed by atoms with Gasteiger partial charge in [-0.05, 0) is 89.4 Å². The number of rotatable bonds is 6. The Hall–Kier alpha value is -1.93. The van der Waals surface area contributed by atoms with Crippen LogP contribution in [-0.4, -0.2) is 26.6 Å². The summed E-state index contributed by atoms with van der Waals surface area (Å²) >= 11 is 8.68.